The van der Waals surface area contributed by atoms with Crippen LogP contribution in [-0.2, 0) is 11.2 Å². The van der Waals surface area contributed by atoms with Crippen molar-refractivity contribution in [2.75, 3.05) is 6.61 Å². The molecule has 1 aromatic heterocycles. The number of ether oxygens (including phenoxy) is 1. The first-order valence-corrected chi connectivity index (χ1v) is 10.0. The van der Waals surface area contributed by atoms with E-state index < -0.39 is 5.97 Å². The van der Waals surface area contributed by atoms with E-state index in [1.165, 1.54) is 0 Å². The summed E-state index contributed by atoms with van der Waals surface area (Å²) in [6.45, 7) is 4.38. The molecule has 25 heavy (non-hydrogen) atoms. The molecule has 9 heteroatoms. The summed E-state index contributed by atoms with van der Waals surface area (Å²) in [5, 5.41) is 16.8. The highest BCUT2D eigenvalue weighted by Gasteiger charge is 2.16. The average Bonchev–Trinajstić information content (AvgIpc) is 2.97. The van der Waals surface area contributed by atoms with E-state index in [0.29, 0.717) is 23.1 Å². The van der Waals surface area contributed by atoms with E-state index in [4.69, 9.17) is 4.74 Å². The highest BCUT2D eigenvalue weighted by atomic mass is 79.9. The van der Waals surface area contributed by atoms with Crippen LogP contribution in [0.2, 0.25) is 0 Å². The van der Waals surface area contributed by atoms with Crippen molar-refractivity contribution in [1.82, 2.24) is 15.2 Å². The van der Waals surface area contributed by atoms with Crippen molar-refractivity contribution in [2.45, 2.75) is 31.8 Å². The standard InChI is InChI=1S/C16H17Br2N3O3S/c1-3-5-13-19-16(21-20-13)25-12(15(22)23)7-9-6-10(17)8-11(18)14(9)24-4-2/h6-8H,3-5H2,1-2H3,(H,22,23)(H,19,20,21)/b12-7-. The van der Waals surface area contributed by atoms with E-state index in [1.54, 1.807) is 12.1 Å². The maximum Gasteiger partial charge on any atom is 0.342 e. The minimum atomic E-state index is -1.05. The lowest BCUT2D eigenvalue weighted by molar-refractivity contribution is -0.131. The SMILES string of the molecule is CCCc1nc(S/C(=C\c2cc(Br)cc(Br)c2OCC)C(=O)O)n[nH]1. The number of halogens is 2. The van der Waals surface area contributed by atoms with Gasteiger partial charge in [-0.25, -0.2) is 9.78 Å². The molecule has 0 amide bonds. The molecule has 0 saturated heterocycles. The summed E-state index contributed by atoms with van der Waals surface area (Å²) in [6.07, 6.45) is 3.26. The van der Waals surface area contributed by atoms with Gasteiger partial charge in [0.1, 0.15) is 16.5 Å². The van der Waals surface area contributed by atoms with Gasteiger partial charge in [-0.2, -0.15) is 0 Å². The Morgan fingerprint density at radius 2 is 2.16 bits per heavy atom. The Bertz CT molecular complexity index is 793. The Morgan fingerprint density at radius 3 is 2.80 bits per heavy atom. The molecule has 6 nitrogen and oxygen atoms in total. The van der Waals surface area contributed by atoms with E-state index in [2.05, 4.69) is 47.0 Å². The van der Waals surface area contributed by atoms with Crippen molar-refractivity contribution in [1.29, 1.82) is 0 Å². The molecular formula is C16H17Br2N3O3S. The Morgan fingerprint density at radius 1 is 1.40 bits per heavy atom. The van der Waals surface area contributed by atoms with Crippen molar-refractivity contribution in [3.8, 4) is 5.75 Å². The van der Waals surface area contributed by atoms with Gasteiger partial charge < -0.3 is 9.84 Å². The minimum Gasteiger partial charge on any atom is -0.492 e. The van der Waals surface area contributed by atoms with Crippen molar-refractivity contribution < 1.29 is 14.6 Å². The molecule has 1 aromatic carbocycles. The minimum absolute atomic E-state index is 0.105. The van der Waals surface area contributed by atoms with Crippen LogP contribution in [-0.4, -0.2) is 32.9 Å². The number of aryl methyl sites for hydroxylation is 1. The monoisotopic (exact) mass is 489 g/mol. The molecule has 0 aliphatic carbocycles. The van der Waals surface area contributed by atoms with Crippen LogP contribution in [0.15, 0.2) is 31.1 Å². The van der Waals surface area contributed by atoms with Gasteiger partial charge in [-0.05, 0) is 59.2 Å². The second-order valence-corrected chi connectivity index (χ2v) is 7.75. The molecule has 0 unspecified atom stereocenters. The number of benzene rings is 1. The van der Waals surface area contributed by atoms with Gasteiger partial charge >= 0.3 is 5.97 Å². The van der Waals surface area contributed by atoms with Gasteiger partial charge in [0.05, 0.1) is 11.1 Å². The van der Waals surface area contributed by atoms with Gasteiger partial charge in [-0.15, -0.1) is 5.10 Å². The fourth-order valence-corrected chi connectivity index (χ4v) is 4.12. The molecule has 1 heterocycles. The Hall–Kier alpha value is -1.32. The van der Waals surface area contributed by atoms with Crippen LogP contribution in [0.4, 0.5) is 0 Å². The molecule has 0 radical (unpaired) electrons. The quantitative estimate of drug-likeness (QED) is 0.404. The van der Waals surface area contributed by atoms with E-state index in [1.807, 2.05) is 19.9 Å². The summed E-state index contributed by atoms with van der Waals surface area (Å²) in [7, 11) is 0. The first-order chi connectivity index (χ1) is 11.9. The number of aromatic nitrogens is 3. The fourth-order valence-electron chi connectivity index (χ4n) is 2.03. The molecule has 2 aromatic rings. The van der Waals surface area contributed by atoms with Crippen LogP contribution in [0.3, 0.4) is 0 Å². The summed E-state index contributed by atoms with van der Waals surface area (Å²) in [5.74, 6) is 0.284. The number of hydrogen-bond acceptors (Lipinski definition) is 5. The fraction of sp³-hybridized carbons (Fsp3) is 0.312. The normalized spacial score (nSPS) is 11.6. The summed E-state index contributed by atoms with van der Waals surface area (Å²) in [6, 6.07) is 3.65. The smallest absolute Gasteiger partial charge is 0.342 e. The van der Waals surface area contributed by atoms with Gasteiger partial charge in [0.2, 0.25) is 5.16 Å². The predicted molar refractivity (Wildman–Crippen MR) is 105 cm³/mol. The number of aliphatic carboxylic acids is 1. The lowest BCUT2D eigenvalue weighted by Gasteiger charge is -2.11. The van der Waals surface area contributed by atoms with Crippen LogP contribution in [0.1, 0.15) is 31.7 Å². The average molecular weight is 491 g/mol. The van der Waals surface area contributed by atoms with E-state index in [9.17, 15) is 9.90 Å². The van der Waals surface area contributed by atoms with E-state index in [-0.39, 0.29) is 4.91 Å². The van der Waals surface area contributed by atoms with Gasteiger partial charge in [0.15, 0.2) is 0 Å². The molecule has 0 bridgehead atoms. The summed E-state index contributed by atoms with van der Waals surface area (Å²) < 4.78 is 7.19. The molecule has 2 N–H and O–H groups in total. The molecule has 0 aliphatic heterocycles. The molecule has 2 rings (SSSR count). The topological polar surface area (TPSA) is 88.1 Å². The number of nitrogens with zero attached hydrogens (tertiary/aromatic N) is 2. The number of aromatic amines is 1. The molecular weight excluding hydrogens is 474 g/mol. The van der Waals surface area contributed by atoms with Crippen LogP contribution in [0.5, 0.6) is 5.75 Å². The van der Waals surface area contributed by atoms with Gasteiger partial charge in [0.25, 0.3) is 0 Å². The maximum absolute atomic E-state index is 11.7. The Kier molecular flexibility index (Phi) is 7.52. The molecule has 134 valence electrons. The summed E-state index contributed by atoms with van der Waals surface area (Å²) in [5.41, 5.74) is 0.650. The second-order valence-electron chi connectivity index (χ2n) is 4.97. The van der Waals surface area contributed by atoms with Crippen molar-refractivity contribution in [2.24, 2.45) is 0 Å². The van der Waals surface area contributed by atoms with Crippen molar-refractivity contribution in [3.05, 3.63) is 37.4 Å². The van der Waals surface area contributed by atoms with Gasteiger partial charge in [-0.3, -0.25) is 5.10 Å². The largest absolute Gasteiger partial charge is 0.492 e. The lowest BCUT2D eigenvalue weighted by atomic mass is 10.2. The van der Waals surface area contributed by atoms with Crippen LogP contribution >= 0.6 is 43.6 Å². The highest BCUT2D eigenvalue weighted by Crippen LogP contribution is 2.36. The first-order valence-electron chi connectivity index (χ1n) is 7.60. The number of rotatable bonds is 8. The first kappa shape index (κ1) is 20.0. The number of carboxylic acids is 1. The van der Waals surface area contributed by atoms with Crippen molar-refractivity contribution >= 4 is 55.7 Å². The molecule has 0 saturated carbocycles. The molecule has 0 atom stereocenters. The lowest BCUT2D eigenvalue weighted by Crippen LogP contribution is -2.00. The number of H-pyrrole nitrogens is 1. The summed E-state index contributed by atoms with van der Waals surface area (Å²) in [4.78, 5) is 16.1. The number of carbonyl (C=O) groups is 1. The Balaban J connectivity index is 2.37. The van der Waals surface area contributed by atoms with Gasteiger partial charge in [0, 0.05) is 16.5 Å². The predicted octanol–water partition coefficient (Wildman–Crippen LogP) is 4.90. The zero-order valence-electron chi connectivity index (χ0n) is 13.7. The van der Waals surface area contributed by atoms with Crippen molar-refractivity contribution in [3.63, 3.8) is 0 Å². The third-order valence-corrected chi connectivity index (χ3v) is 4.95. The number of nitrogens with one attached hydrogen (secondary N) is 1. The zero-order chi connectivity index (χ0) is 18.4. The van der Waals surface area contributed by atoms with Crippen LogP contribution in [0, 0.1) is 0 Å². The second kappa shape index (κ2) is 9.40. The van der Waals surface area contributed by atoms with Crippen LogP contribution in [0.25, 0.3) is 6.08 Å². The third-order valence-electron chi connectivity index (χ3n) is 3.02. The van der Waals surface area contributed by atoms with E-state index >= 15 is 0 Å². The van der Waals surface area contributed by atoms with E-state index in [0.717, 1.165) is 39.4 Å². The molecule has 0 fully saturated rings. The number of thioether (sulfide) groups is 1. The maximum atomic E-state index is 11.7. The highest BCUT2D eigenvalue weighted by molar-refractivity contribution is 9.11. The molecule has 0 spiro atoms. The van der Waals surface area contributed by atoms with Crippen LogP contribution < -0.4 is 4.74 Å². The van der Waals surface area contributed by atoms with Gasteiger partial charge in [-0.1, -0.05) is 22.9 Å². The third kappa shape index (κ3) is 5.58. The molecule has 0 aliphatic rings. The number of hydrogen-bond donors (Lipinski definition) is 2. The zero-order valence-corrected chi connectivity index (χ0v) is 17.7. The summed E-state index contributed by atoms with van der Waals surface area (Å²) >= 11 is 7.86. The number of carboxylic acid groups (broad SMARTS) is 1. The Labute approximate surface area is 166 Å².